The highest BCUT2D eigenvalue weighted by Crippen LogP contribution is 2.11. The molecule has 2 aromatic rings. The minimum atomic E-state index is 0. The van der Waals surface area contributed by atoms with E-state index < -0.39 is 0 Å². The molecule has 0 fully saturated rings. The number of aromatic nitrogens is 1. The average Bonchev–Trinajstić information content (AvgIpc) is 2.63. The van der Waals surface area contributed by atoms with Gasteiger partial charge in [0, 0.05) is 0 Å². The number of rotatable bonds is 0. The molecule has 2 rings (SSSR count). The summed E-state index contributed by atoms with van der Waals surface area (Å²) >= 11 is 1.55. The van der Waals surface area contributed by atoms with E-state index in [1.54, 1.807) is 11.3 Å². The van der Waals surface area contributed by atoms with E-state index in [2.05, 4.69) is 10.1 Å². The highest BCUT2D eigenvalue weighted by Gasteiger charge is 1.93. The molecule has 14 heavy (non-hydrogen) atoms. The maximum Gasteiger partial charge on any atom is 0.205 e. The van der Waals surface area contributed by atoms with Crippen LogP contribution in [0.25, 0.3) is 10.2 Å². The number of fused-ring (bicyclic) bond motifs is 1. The normalized spacial score (nSPS) is 10.1. The molecule has 3 N–H and O–H groups in total. The van der Waals surface area contributed by atoms with Gasteiger partial charge in [-0.15, -0.1) is 12.4 Å². The van der Waals surface area contributed by atoms with Crippen LogP contribution in [-0.4, -0.2) is 11.8 Å². The number of nitrogens with zero attached hydrogens (tertiary/aromatic N) is 1. The van der Waals surface area contributed by atoms with Gasteiger partial charge in [-0.3, -0.25) is 0 Å². The number of carbonyl (C=O) groups is 1. The smallest absolute Gasteiger partial charge is 0.205 e. The first kappa shape index (κ1) is 12.7. The van der Waals surface area contributed by atoms with Gasteiger partial charge >= 0.3 is 0 Å². The van der Waals surface area contributed by atoms with Crippen LogP contribution in [0.5, 0.6) is 0 Å². The average molecular weight is 232 g/mol. The van der Waals surface area contributed by atoms with Crippen molar-refractivity contribution in [3.8, 4) is 0 Å². The summed E-state index contributed by atoms with van der Waals surface area (Å²) in [6.07, 6.45) is 0. The van der Waals surface area contributed by atoms with E-state index in [4.69, 9.17) is 10.6 Å². The molecule has 0 aliphatic heterocycles. The van der Waals surface area contributed by atoms with Gasteiger partial charge in [0.05, 0.1) is 10.2 Å². The van der Waals surface area contributed by atoms with Crippen LogP contribution >= 0.6 is 23.7 Å². The van der Waals surface area contributed by atoms with Gasteiger partial charge in [-0.05, 0) is 12.1 Å². The van der Waals surface area contributed by atoms with Gasteiger partial charge in [0.1, 0.15) is 6.79 Å². The molecule has 0 saturated carbocycles. The highest BCUT2D eigenvalue weighted by atomic mass is 35.5. The first-order valence-electron chi connectivity index (χ1n) is 3.51. The van der Waals surface area contributed by atoms with Crippen LogP contribution in [0.1, 0.15) is 0 Å². The number of carbonyl (C=O) groups excluding carboxylic acids is 1. The van der Waals surface area contributed by atoms with Crippen molar-refractivity contribution in [3.05, 3.63) is 29.1 Å². The van der Waals surface area contributed by atoms with Crippen LogP contribution in [0, 0.1) is 0 Å². The predicted octanol–water partition coefficient (Wildman–Crippen LogP) is 1.24. The first-order chi connectivity index (χ1) is 6.40. The summed E-state index contributed by atoms with van der Waals surface area (Å²) in [5.74, 6) is 5.12. The second-order valence-electron chi connectivity index (χ2n) is 2.16. The van der Waals surface area contributed by atoms with Crippen LogP contribution in [0.3, 0.4) is 0 Å². The van der Waals surface area contributed by atoms with Crippen LogP contribution in [0.15, 0.2) is 29.4 Å². The number of hydrogen-bond acceptors (Lipinski definition) is 4. The molecule has 0 aliphatic rings. The van der Waals surface area contributed by atoms with Gasteiger partial charge in [0.15, 0.2) is 0 Å². The van der Waals surface area contributed by atoms with E-state index in [1.807, 2.05) is 31.1 Å². The second-order valence-corrected chi connectivity index (χ2v) is 3.19. The van der Waals surface area contributed by atoms with Gasteiger partial charge in [-0.2, -0.15) is 5.10 Å². The Morgan fingerprint density at radius 2 is 2.00 bits per heavy atom. The minimum absolute atomic E-state index is 0. The van der Waals surface area contributed by atoms with Crippen molar-refractivity contribution in [2.24, 2.45) is 10.9 Å². The SMILES string of the molecule is C=O.Cl.NN=c1[nH]c2ccccc2s1. The number of benzene rings is 1. The molecule has 76 valence electrons. The zero-order valence-electron chi connectivity index (χ0n) is 7.27. The molecule has 0 radical (unpaired) electrons. The monoisotopic (exact) mass is 231 g/mol. The van der Waals surface area contributed by atoms with Crippen molar-refractivity contribution in [1.29, 1.82) is 0 Å². The second kappa shape index (κ2) is 6.17. The fourth-order valence-corrected chi connectivity index (χ4v) is 1.76. The van der Waals surface area contributed by atoms with E-state index in [0.717, 1.165) is 10.3 Å². The maximum atomic E-state index is 8.00. The van der Waals surface area contributed by atoms with E-state index >= 15 is 0 Å². The summed E-state index contributed by atoms with van der Waals surface area (Å²) in [5.41, 5.74) is 1.08. The number of nitrogens with one attached hydrogen (secondary N) is 1. The maximum absolute atomic E-state index is 8.00. The van der Waals surface area contributed by atoms with Crippen LogP contribution < -0.4 is 10.6 Å². The van der Waals surface area contributed by atoms with Crippen LogP contribution in [0.2, 0.25) is 0 Å². The molecule has 0 amide bonds. The molecule has 0 bridgehead atoms. The van der Waals surface area contributed by atoms with Crippen LogP contribution in [0.4, 0.5) is 0 Å². The number of para-hydroxylation sites is 1. The van der Waals surface area contributed by atoms with Gasteiger partial charge in [0.25, 0.3) is 0 Å². The minimum Gasteiger partial charge on any atom is -0.329 e. The molecule has 0 atom stereocenters. The number of halogens is 1. The van der Waals surface area contributed by atoms with Crippen molar-refractivity contribution in [1.82, 2.24) is 4.98 Å². The van der Waals surface area contributed by atoms with E-state index in [1.165, 1.54) is 4.70 Å². The first-order valence-corrected chi connectivity index (χ1v) is 4.32. The molecule has 0 unspecified atom stereocenters. The number of H-pyrrole nitrogens is 1. The third-order valence-corrected chi connectivity index (χ3v) is 2.43. The zero-order chi connectivity index (χ0) is 9.68. The summed E-state index contributed by atoms with van der Waals surface area (Å²) in [7, 11) is 0. The van der Waals surface area contributed by atoms with E-state index in [-0.39, 0.29) is 12.4 Å². The van der Waals surface area contributed by atoms with Gasteiger partial charge < -0.3 is 15.6 Å². The van der Waals surface area contributed by atoms with Crippen LogP contribution in [-0.2, 0) is 4.79 Å². The van der Waals surface area contributed by atoms with Gasteiger partial charge in [-0.1, -0.05) is 23.5 Å². The molecule has 0 spiro atoms. The standard InChI is InChI=1S/C7H7N3S.CH2O.ClH/c8-10-7-9-5-3-1-2-4-6(5)11-7;1-2;/h1-4H,8H2,(H,9,10);1H2;1H. The zero-order valence-corrected chi connectivity index (χ0v) is 8.90. The molecule has 0 aliphatic carbocycles. The lowest BCUT2D eigenvalue weighted by Gasteiger charge is -1.81. The summed E-state index contributed by atoms with van der Waals surface area (Å²) in [6.45, 7) is 2.00. The Hall–Kier alpha value is -1.33. The number of nitrogens with two attached hydrogens (primary N) is 1. The molecule has 4 nitrogen and oxygen atoms in total. The molecule has 6 heteroatoms. The van der Waals surface area contributed by atoms with Crippen molar-refractivity contribution in [2.45, 2.75) is 0 Å². The summed E-state index contributed by atoms with van der Waals surface area (Å²) < 4.78 is 1.18. The molecule has 0 saturated heterocycles. The molecular formula is C8H10ClN3OS. The Bertz CT molecular complexity index is 415. The topological polar surface area (TPSA) is 71.2 Å². The third kappa shape index (κ3) is 2.58. The lowest BCUT2D eigenvalue weighted by Crippen LogP contribution is -2.00. The summed E-state index contributed by atoms with van der Waals surface area (Å²) in [6, 6.07) is 8.00. The molecule has 1 aromatic heterocycles. The number of thiazole rings is 1. The van der Waals surface area contributed by atoms with E-state index in [0.29, 0.717) is 0 Å². The van der Waals surface area contributed by atoms with Crippen molar-refractivity contribution >= 4 is 40.7 Å². The largest absolute Gasteiger partial charge is 0.329 e. The summed E-state index contributed by atoms with van der Waals surface area (Å²) in [5, 5.41) is 3.57. The summed E-state index contributed by atoms with van der Waals surface area (Å²) in [4.78, 5) is 11.8. The Kier molecular flexibility index (Phi) is 5.59. The number of hydrogen-bond donors (Lipinski definition) is 2. The fourth-order valence-electron chi connectivity index (χ4n) is 0.962. The van der Waals surface area contributed by atoms with Crippen molar-refractivity contribution in [3.63, 3.8) is 0 Å². The van der Waals surface area contributed by atoms with E-state index in [9.17, 15) is 0 Å². The van der Waals surface area contributed by atoms with Crippen molar-refractivity contribution < 1.29 is 4.79 Å². The Balaban J connectivity index is 0.000000531. The Labute approximate surface area is 90.9 Å². The van der Waals surface area contributed by atoms with Gasteiger partial charge in [-0.25, -0.2) is 0 Å². The predicted molar refractivity (Wildman–Crippen MR) is 60.3 cm³/mol. The molecule has 1 heterocycles. The fraction of sp³-hybridized carbons (Fsp3) is 0. The lowest BCUT2D eigenvalue weighted by molar-refractivity contribution is -0.0979. The lowest BCUT2D eigenvalue weighted by atomic mass is 10.3. The quantitative estimate of drug-likeness (QED) is 0.529. The Morgan fingerprint density at radius 3 is 2.57 bits per heavy atom. The molecule has 1 aromatic carbocycles. The molecular weight excluding hydrogens is 222 g/mol. The highest BCUT2D eigenvalue weighted by molar-refractivity contribution is 7.16. The van der Waals surface area contributed by atoms with Gasteiger partial charge in [0.2, 0.25) is 4.80 Å². The third-order valence-electron chi connectivity index (χ3n) is 1.45. The van der Waals surface area contributed by atoms with Crippen molar-refractivity contribution in [2.75, 3.05) is 0 Å². The Morgan fingerprint density at radius 1 is 1.36 bits per heavy atom. The number of aromatic amines is 1.